The molecule has 0 spiro atoms. The second kappa shape index (κ2) is 6.97. The Balaban J connectivity index is 1.85. The van der Waals surface area contributed by atoms with E-state index in [1.54, 1.807) is 0 Å². The zero-order chi connectivity index (χ0) is 20.0. The lowest BCUT2D eigenvalue weighted by Crippen LogP contribution is -2.25. The molecule has 2 heterocycles. The lowest BCUT2D eigenvalue weighted by Gasteiger charge is -2.25. The Morgan fingerprint density at radius 2 is 1.57 bits per heavy atom. The highest BCUT2D eigenvalue weighted by atomic mass is 15.4. The zero-order valence-electron chi connectivity index (χ0n) is 17.7. The Morgan fingerprint density at radius 1 is 0.857 bits per heavy atom. The quantitative estimate of drug-likeness (QED) is 0.511. The highest BCUT2D eigenvalue weighted by molar-refractivity contribution is 5.86. The molecule has 2 aromatic carbocycles. The molecule has 0 aliphatic carbocycles. The van der Waals surface area contributed by atoms with Crippen LogP contribution in [0.4, 0.5) is 22.9 Å². The number of anilines is 4. The van der Waals surface area contributed by atoms with E-state index in [-0.39, 0.29) is 0 Å². The van der Waals surface area contributed by atoms with Gasteiger partial charge >= 0.3 is 0 Å². The summed E-state index contributed by atoms with van der Waals surface area (Å²) in [6.45, 7) is 13.9. The summed E-state index contributed by atoms with van der Waals surface area (Å²) in [5.41, 5.74) is 9.99. The van der Waals surface area contributed by atoms with E-state index in [0.717, 1.165) is 18.2 Å². The van der Waals surface area contributed by atoms with Gasteiger partial charge in [0, 0.05) is 17.1 Å². The third-order valence-electron chi connectivity index (χ3n) is 5.58. The second-order valence-corrected chi connectivity index (χ2v) is 8.29. The lowest BCUT2D eigenvalue weighted by molar-refractivity contribution is 0.864. The van der Waals surface area contributed by atoms with Crippen molar-refractivity contribution in [1.29, 1.82) is 0 Å². The highest BCUT2D eigenvalue weighted by Crippen LogP contribution is 2.45. The summed E-state index contributed by atoms with van der Waals surface area (Å²) >= 11 is 0. The summed E-state index contributed by atoms with van der Waals surface area (Å²) < 4.78 is 0. The van der Waals surface area contributed by atoms with Crippen LogP contribution in [-0.4, -0.2) is 11.7 Å². The number of nitrogens with zero attached hydrogens (tertiary/aromatic N) is 3. The molecular weight excluding hydrogens is 342 g/mol. The Hall–Kier alpha value is -2.81. The number of fused-ring (bicyclic) bond motifs is 1. The van der Waals surface area contributed by atoms with Gasteiger partial charge in [-0.25, -0.2) is 4.98 Å². The fourth-order valence-electron chi connectivity index (χ4n) is 4.27. The van der Waals surface area contributed by atoms with Gasteiger partial charge in [-0.15, -0.1) is 0 Å². The minimum atomic E-state index is 0.505. The smallest absolute Gasteiger partial charge is 0.158 e. The molecule has 28 heavy (non-hydrogen) atoms. The molecule has 3 aromatic rings. The first kappa shape index (κ1) is 18.5. The van der Waals surface area contributed by atoms with Gasteiger partial charge in [-0.3, -0.25) is 0 Å². The monoisotopic (exact) mass is 371 g/mol. The minimum absolute atomic E-state index is 0.505. The molecule has 0 fully saturated rings. The first-order valence-electron chi connectivity index (χ1n) is 10.1. The van der Waals surface area contributed by atoms with Gasteiger partial charge in [-0.1, -0.05) is 43.7 Å². The van der Waals surface area contributed by atoms with Gasteiger partial charge in [-0.05, 0) is 74.6 Å². The number of hydrogen-bond acceptors (Lipinski definition) is 3. The van der Waals surface area contributed by atoms with Crippen molar-refractivity contribution in [2.45, 2.75) is 47.5 Å². The third kappa shape index (κ3) is 3.15. The average molecular weight is 372 g/mol. The topological polar surface area (TPSA) is 19.4 Å². The molecule has 0 saturated heterocycles. The number of hydrogen-bond donors (Lipinski definition) is 0. The average Bonchev–Trinajstić information content (AvgIpc) is 2.99. The molecule has 3 nitrogen and oxygen atoms in total. The molecule has 0 N–H and O–H groups in total. The van der Waals surface area contributed by atoms with Crippen LogP contribution in [0.15, 0.2) is 48.5 Å². The van der Waals surface area contributed by atoms with E-state index in [0.29, 0.717) is 5.92 Å². The van der Waals surface area contributed by atoms with Crippen molar-refractivity contribution in [1.82, 2.24) is 4.98 Å². The standard InChI is InChI=1S/C25H29N3/c1-16(2)21-8-7-9-22(14-21)27-15-28(23-11-10-20(6)26-25(23)27)24-18(4)12-17(3)13-19(24)5/h7-14,16H,15H2,1-6H3. The Morgan fingerprint density at radius 3 is 2.25 bits per heavy atom. The van der Waals surface area contributed by atoms with E-state index >= 15 is 0 Å². The molecule has 0 atom stereocenters. The third-order valence-corrected chi connectivity index (χ3v) is 5.58. The maximum absolute atomic E-state index is 4.92. The van der Waals surface area contributed by atoms with Crippen molar-refractivity contribution in [3.05, 3.63) is 76.5 Å². The summed E-state index contributed by atoms with van der Waals surface area (Å²) in [5.74, 6) is 1.55. The van der Waals surface area contributed by atoms with Crippen molar-refractivity contribution < 1.29 is 0 Å². The molecule has 1 aromatic heterocycles. The predicted octanol–water partition coefficient (Wildman–Crippen LogP) is 6.69. The number of benzene rings is 2. The Bertz CT molecular complexity index is 1010. The SMILES string of the molecule is Cc1cc(C)c(N2CN(c3cccc(C(C)C)c3)c3nc(C)ccc32)c(C)c1. The van der Waals surface area contributed by atoms with Crippen LogP contribution in [-0.2, 0) is 0 Å². The molecule has 0 radical (unpaired) electrons. The van der Waals surface area contributed by atoms with Crippen LogP contribution >= 0.6 is 0 Å². The minimum Gasteiger partial charge on any atom is -0.319 e. The molecule has 0 bridgehead atoms. The van der Waals surface area contributed by atoms with Gasteiger partial charge < -0.3 is 9.80 Å². The summed E-state index contributed by atoms with van der Waals surface area (Å²) in [5, 5.41) is 0. The van der Waals surface area contributed by atoms with Crippen LogP contribution in [0.25, 0.3) is 0 Å². The normalized spacial score (nSPS) is 13.4. The predicted molar refractivity (Wildman–Crippen MR) is 119 cm³/mol. The van der Waals surface area contributed by atoms with Gasteiger partial charge in [-0.2, -0.15) is 0 Å². The molecule has 0 amide bonds. The Labute approximate surface area is 168 Å². The van der Waals surface area contributed by atoms with Crippen LogP contribution in [0.3, 0.4) is 0 Å². The van der Waals surface area contributed by atoms with E-state index < -0.39 is 0 Å². The largest absolute Gasteiger partial charge is 0.319 e. The van der Waals surface area contributed by atoms with Crippen molar-refractivity contribution in [3.63, 3.8) is 0 Å². The molecule has 0 unspecified atom stereocenters. The van der Waals surface area contributed by atoms with E-state index in [2.05, 4.69) is 99.9 Å². The van der Waals surface area contributed by atoms with E-state index in [1.165, 1.54) is 39.3 Å². The maximum Gasteiger partial charge on any atom is 0.158 e. The van der Waals surface area contributed by atoms with Crippen LogP contribution in [0.1, 0.15) is 47.7 Å². The van der Waals surface area contributed by atoms with Gasteiger partial charge in [0.1, 0.15) is 6.67 Å². The lowest BCUT2D eigenvalue weighted by atomic mass is 10.0. The van der Waals surface area contributed by atoms with Crippen molar-refractivity contribution in [3.8, 4) is 0 Å². The number of aryl methyl sites for hydroxylation is 4. The van der Waals surface area contributed by atoms with Crippen LogP contribution in [0, 0.1) is 27.7 Å². The van der Waals surface area contributed by atoms with Gasteiger partial charge in [0.2, 0.25) is 0 Å². The molecule has 1 aliphatic rings. The number of pyridine rings is 1. The molecule has 3 heteroatoms. The summed E-state index contributed by atoms with van der Waals surface area (Å²) in [4.78, 5) is 9.67. The highest BCUT2D eigenvalue weighted by Gasteiger charge is 2.31. The van der Waals surface area contributed by atoms with E-state index in [9.17, 15) is 0 Å². The van der Waals surface area contributed by atoms with Gasteiger partial charge in [0.25, 0.3) is 0 Å². The van der Waals surface area contributed by atoms with Crippen LogP contribution in [0.2, 0.25) is 0 Å². The van der Waals surface area contributed by atoms with Gasteiger partial charge in [0.15, 0.2) is 5.82 Å². The summed E-state index contributed by atoms with van der Waals surface area (Å²) in [6.07, 6.45) is 0. The molecular formula is C25H29N3. The summed E-state index contributed by atoms with van der Waals surface area (Å²) in [7, 11) is 0. The fraction of sp³-hybridized carbons (Fsp3) is 0.320. The van der Waals surface area contributed by atoms with Crippen molar-refractivity contribution in [2.75, 3.05) is 16.5 Å². The molecule has 1 aliphatic heterocycles. The first-order valence-corrected chi connectivity index (χ1v) is 10.1. The number of aromatic nitrogens is 1. The summed E-state index contributed by atoms with van der Waals surface area (Å²) in [6, 6.07) is 17.7. The molecule has 4 rings (SSSR count). The van der Waals surface area contributed by atoms with E-state index in [4.69, 9.17) is 4.98 Å². The van der Waals surface area contributed by atoms with Crippen molar-refractivity contribution in [2.24, 2.45) is 0 Å². The fourth-order valence-corrected chi connectivity index (χ4v) is 4.27. The van der Waals surface area contributed by atoms with Crippen LogP contribution in [0.5, 0.6) is 0 Å². The van der Waals surface area contributed by atoms with Crippen LogP contribution < -0.4 is 9.80 Å². The first-order chi connectivity index (χ1) is 13.3. The second-order valence-electron chi connectivity index (χ2n) is 8.29. The van der Waals surface area contributed by atoms with Crippen molar-refractivity contribution >= 4 is 22.9 Å². The molecule has 0 saturated carbocycles. The molecule has 144 valence electrons. The number of rotatable bonds is 3. The van der Waals surface area contributed by atoms with E-state index in [1.807, 2.05) is 0 Å². The van der Waals surface area contributed by atoms with Gasteiger partial charge in [0.05, 0.1) is 5.69 Å². The maximum atomic E-state index is 4.92. The Kier molecular flexibility index (Phi) is 4.62. The zero-order valence-corrected chi connectivity index (χ0v) is 17.7.